The molecule has 0 aliphatic heterocycles. The maximum absolute atomic E-state index is 9.87. The minimum absolute atomic E-state index is 0.373. The van der Waals surface area contributed by atoms with E-state index in [-0.39, 0.29) is 0 Å². The van der Waals surface area contributed by atoms with Gasteiger partial charge in [0.2, 0.25) is 0 Å². The minimum atomic E-state index is 0.373. The molecule has 29 heavy (non-hydrogen) atoms. The van der Waals surface area contributed by atoms with Gasteiger partial charge in [-0.25, -0.2) is 0 Å². The van der Waals surface area contributed by atoms with Gasteiger partial charge < -0.3 is 14.7 Å². The van der Waals surface area contributed by atoms with Crippen molar-refractivity contribution in [3.8, 4) is 5.75 Å². The zero-order chi connectivity index (χ0) is 20.4. The molecular formula is C26H39NO2. The van der Waals surface area contributed by atoms with Gasteiger partial charge in [0.05, 0.1) is 13.2 Å². The highest BCUT2D eigenvalue weighted by molar-refractivity contribution is 5.40. The Morgan fingerprint density at radius 2 is 2.00 bits per heavy atom. The van der Waals surface area contributed by atoms with Gasteiger partial charge in [-0.2, -0.15) is 0 Å². The van der Waals surface area contributed by atoms with Gasteiger partial charge in [0.15, 0.2) is 0 Å². The number of hydrogen-bond donors (Lipinski definition) is 1. The van der Waals surface area contributed by atoms with Crippen LogP contribution in [0.25, 0.3) is 0 Å². The van der Waals surface area contributed by atoms with Crippen molar-refractivity contribution in [2.24, 2.45) is 17.3 Å². The number of aromatic hydroxyl groups is 1. The molecule has 3 aliphatic carbocycles. The van der Waals surface area contributed by atoms with E-state index in [0.717, 1.165) is 51.1 Å². The van der Waals surface area contributed by atoms with Gasteiger partial charge in [0.25, 0.3) is 0 Å². The monoisotopic (exact) mass is 397 g/mol. The topological polar surface area (TPSA) is 32.7 Å². The summed E-state index contributed by atoms with van der Waals surface area (Å²) in [5.74, 6) is 2.74. The number of phenols is 1. The zero-order valence-electron chi connectivity index (χ0n) is 18.6. The number of benzene rings is 1. The highest BCUT2D eigenvalue weighted by Gasteiger charge is 2.52. The molecule has 4 rings (SSSR count). The van der Waals surface area contributed by atoms with Crippen molar-refractivity contribution in [2.75, 3.05) is 32.8 Å². The van der Waals surface area contributed by atoms with Crippen LogP contribution in [-0.2, 0) is 11.2 Å². The van der Waals surface area contributed by atoms with Crippen molar-refractivity contribution in [1.82, 2.24) is 4.90 Å². The lowest BCUT2D eigenvalue weighted by Gasteiger charge is -2.49. The van der Waals surface area contributed by atoms with Gasteiger partial charge in [-0.05, 0) is 98.0 Å². The first-order chi connectivity index (χ1) is 14.1. The van der Waals surface area contributed by atoms with Crippen molar-refractivity contribution in [2.45, 2.75) is 65.2 Å². The van der Waals surface area contributed by atoms with E-state index in [0.29, 0.717) is 17.1 Å². The molecule has 0 saturated heterocycles. The molecule has 4 atom stereocenters. The van der Waals surface area contributed by atoms with Crippen molar-refractivity contribution in [3.63, 3.8) is 0 Å². The molecule has 4 unspecified atom stereocenters. The molecule has 1 aromatic rings. The number of hydrogen-bond acceptors (Lipinski definition) is 3. The van der Waals surface area contributed by atoms with Crippen LogP contribution < -0.4 is 0 Å². The van der Waals surface area contributed by atoms with Crippen molar-refractivity contribution in [1.29, 1.82) is 0 Å². The van der Waals surface area contributed by atoms with Gasteiger partial charge in [-0.15, -0.1) is 0 Å². The molecule has 2 saturated carbocycles. The third-order valence-corrected chi connectivity index (χ3v) is 8.45. The first-order valence-electron chi connectivity index (χ1n) is 11.9. The van der Waals surface area contributed by atoms with E-state index >= 15 is 0 Å². The Labute approximate surface area is 177 Å². The van der Waals surface area contributed by atoms with Crippen molar-refractivity contribution in [3.05, 3.63) is 41.0 Å². The summed E-state index contributed by atoms with van der Waals surface area (Å²) in [5, 5.41) is 9.87. The average molecular weight is 398 g/mol. The van der Waals surface area contributed by atoms with E-state index < -0.39 is 0 Å². The Balaban J connectivity index is 1.40. The van der Waals surface area contributed by atoms with Crippen LogP contribution in [-0.4, -0.2) is 42.9 Å². The average Bonchev–Trinajstić information content (AvgIpc) is 3.06. The Kier molecular flexibility index (Phi) is 6.36. The number of fused-ring (bicyclic) bond motifs is 5. The number of nitrogens with zero attached hydrogens (tertiary/aromatic N) is 1. The molecular weight excluding hydrogens is 358 g/mol. The summed E-state index contributed by atoms with van der Waals surface area (Å²) in [6.07, 6.45) is 10.0. The van der Waals surface area contributed by atoms with Gasteiger partial charge in [0, 0.05) is 6.54 Å². The maximum atomic E-state index is 9.87. The fourth-order valence-electron chi connectivity index (χ4n) is 6.73. The van der Waals surface area contributed by atoms with Crippen molar-refractivity contribution >= 4 is 0 Å². The van der Waals surface area contributed by atoms with Crippen LogP contribution >= 0.6 is 0 Å². The molecule has 0 aromatic heterocycles. The van der Waals surface area contributed by atoms with E-state index in [4.69, 9.17) is 4.74 Å². The zero-order valence-corrected chi connectivity index (χ0v) is 18.6. The third kappa shape index (κ3) is 4.01. The quantitative estimate of drug-likeness (QED) is 0.485. The number of aryl methyl sites for hydroxylation is 1. The van der Waals surface area contributed by atoms with Crippen molar-refractivity contribution < 1.29 is 9.84 Å². The second-order valence-electron chi connectivity index (χ2n) is 9.62. The summed E-state index contributed by atoms with van der Waals surface area (Å²) in [4.78, 5) is 2.42. The van der Waals surface area contributed by atoms with E-state index in [1.165, 1.54) is 43.2 Å². The second kappa shape index (κ2) is 8.81. The van der Waals surface area contributed by atoms with Crippen LogP contribution in [0.4, 0.5) is 0 Å². The van der Waals surface area contributed by atoms with E-state index in [2.05, 4.69) is 37.8 Å². The van der Waals surface area contributed by atoms with Gasteiger partial charge in [-0.1, -0.05) is 38.5 Å². The molecule has 3 aliphatic rings. The van der Waals surface area contributed by atoms with Crippen LogP contribution in [0.3, 0.4) is 0 Å². The Bertz CT molecular complexity index is 738. The number of phenolic OH excluding ortho intramolecular Hbond substituents is 1. The number of allylic oxidation sites excluding steroid dienone is 1. The first-order valence-corrected chi connectivity index (χ1v) is 11.9. The van der Waals surface area contributed by atoms with Gasteiger partial charge in [0.1, 0.15) is 5.75 Å². The Morgan fingerprint density at radius 3 is 2.79 bits per heavy atom. The summed E-state index contributed by atoms with van der Waals surface area (Å²) in [7, 11) is 0. The van der Waals surface area contributed by atoms with Gasteiger partial charge in [-0.3, -0.25) is 0 Å². The summed E-state index contributed by atoms with van der Waals surface area (Å²) < 4.78 is 5.98. The molecule has 2 fully saturated rings. The predicted octanol–water partition coefficient (Wildman–Crippen LogP) is 5.53. The van der Waals surface area contributed by atoms with Crippen LogP contribution in [0.1, 0.15) is 69.9 Å². The molecule has 3 heteroatoms. The summed E-state index contributed by atoms with van der Waals surface area (Å²) >= 11 is 0. The summed E-state index contributed by atoms with van der Waals surface area (Å²) in [6, 6.07) is 6.11. The molecule has 3 nitrogen and oxygen atoms in total. The number of likely N-dealkylation sites (N-methyl/N-ethyl adjacent to an activating group) is 1. The van der Waals surface area contributed by atoms with Crippen LogP contribution in [0.5, 0.6) is 5.75 Å². The lowest BCUT2D eigenvalue weighted by molar-refractivity contribution is 0.0799. The smallest absolute Gasteiger partial charge is 0.115 e. The molecule has 0 heterocycles. The molecule has 0 radical (unpaired) electrons. The van der Waals surface area contributed by atoms with E-state index in [1.54, 1.807) is 5.57 Å². The van der Waals surface area contributed by atoms with Crippen LogP contribution in [0, 0.1) is 17.3 Å². The summed E-state index contributed by atoms with van der Waals surface area (Å²) in [5.41, 5.74) is 4.96. The van der Waals surface area contributed by atoms with E-state index in [1.807, 2.05) is 12.1 Å². The molecule has 1 N–H and O–H groups in total. The highest BCUT2D eigenvalue weighted by atomic mass is 16.5. The lowest BCUT2D eigenvalue weighted by atomic mass is 9.55. The SMILES string of the molecule is CCN(CC)CCOC/C=C1\CCC2C3CCc4cc(O)ccc4C3CCC12C. The molecule has 160 valence electrons. The highest BCUT2D eigenvalue weighted by Crippen LogP contribution is 2.62. The molecule has 0 amide bonds. The first kappa shape index (κ1) is 20.9. The van der Waals surface area contributed by atoms with Crippen LogP contribution in [0.15, 0.2) is 29.8 Å². The third-order valence-electron chi connectivity index (χ3n) is 8.45. The second-order valence-corrected chi connectivity index (χ2v) is 9.62. The van der Waals surface area contributed by atoms with Crippen LogP contribution in [0.2, 0.25) is 0 Å². The molecule has 0 bridgehead atoms. The summed E-state index contributed by atoms with van der Waals surface area (Å²) in [6.45, 7) is 11.8. The fourth-order valence-corrected chi connectivity index (χ4v) is 6.73. The van der Waals surface area contributed by atoms with E-state index in [9.17, 15) is 5.11 Å². The standard InChI is InChI=1S/C26H39NO2/c1-4-27(5-2)15-17-29-16-13-20-7-11-25-24-9-6-19-18-21(28)8-10-22(19)23(24)12-14-26(20,25)3/h8,10,13,18,23-25,28H,4-7,9,11-12,14-17H2,1-3H3/b20-13+. The predicted molar refractivity (Wildman–Crippen MR) is 119 cm³/mol. The maximum Gasteiger partial charge on any atom is 0.115 e. The minimum Gasteiger partial charge on any atom is -0.508 e. The molecule has 0 spiro atoms. The number of rotatable bonds is 7. The molecule has 1 aromatic carbocycles. The Hall–Kier alpha value is -1.32. The largest absolute Gasteiger partial charge is 0.508 e. The normalized spacial score (nSPS) is 32.3. The Morgan fingerprint density at radius 1 is 1.17 bits per heavy atom. The van der Waals surface area contributed by atoms with Gasteiger partial charge >= 0.3 is 0 Å². The lowest BCUT2D eigenvalue weighted by Crippen LogP contribution is -2.40. The number of ether oxygens (including phenoxy) is 1. The fraction of sp³-hybridized carbons (Fsp3) is 0.692.